The molecule has 1 aromatic carbocycles. The standard InChI is InChI=1S/C25H27N7O2/c1-15(2)31-24(33)21-14-28-25(29-18-4-3-16-7-9-26-13-17(16)11-18)30-23(21)32(31)19-8-10-27-22(12-19)34-20-5-6-20/h3-4,8,10-12,14-15,20,26H,5-7,9,13H2,1-2H3,(H,28,29,30). The Bertz CT molecular complexity index is 1440. The average Bonchev–Trinajstić information content (AvgIpc) is 3.60. The molecule has 4 heterocycles. The molecular weight excluding hydrogens is 430 g/mol. The molecule has 9 heteroatoms. The number of benzene rings is 1. The highest BCUT2D eigenvalue weighted by atomic mass is 16.5. The number of aromatic nitrogens is 5. The van der Waals surface area contributed by atoms with Crippen molar-refractivity contribution in [1.29, 1.82) is 0 Å². The Morgan fingerprint density at radius 1 is 1.15 bits per heavy atom. The maximum Gasteiger partial charge on any atom is 0.278 e. The second-order valence-corrected chi connectivity index (χ2v) is 9.19. The quantitative estimate of drug-likeness (QED) is 0.457. The molecule has 174 valence electrons. The molecule has 1 fully saturated rings. The maximum atomic E-state index is 13.3. The molecule has 0 spiro atoms. The van der Waals surface area contributed by atoms with Crippen LogP contribution in [0.15, 0.2) is 47.5 Å². The van der Waals surface area contributed by atoms with Gasteiger partial charge in [0.05, 0.1) is 5.69 Å². The van der Waals surface area contributed by atoms with E-state index in [1.54, 1.807) is 17.1 Å². The molecule has 2 N–H and O–H groups in total. The zero-order valence-electron chi connectivity index (χ0n) is 19.3. The first-order chi connectivity index (χ1) is 16.6. The Kier molecular flexibility index (Phi) is 5.06. The fraction of sp³-hybridized carbons (Fsp3) is 0.360. The van der Waals surface area contributed by atoms with Crippen LogP contribution in [0, 0.1) is 0 Å². The van der Waals surface area contributed by atoms with Gasteiger partial charge in [0.25, 0.3) is 5.56 Å². The Balaban J connectivity index is 1.43. The lowest BCUT2D eigenvalue weighted by molar-refractivity contribution is 0.291. The Morgan fingerprint density at radius 3 is 2.85 bits per heavy atom. The minimum atomic E-state index is -0.127. The summed E-state index contributed by atoms with van der Waals surface area (Å²) in [6.45, 7) is 5.82. The van der Waals surface area contributed by atoms with Crippen molar-refractivity contribution in [3.05, 3.63) is 64.2 Å². The number of nitrogens with one attached hydrogen (secondary N) is 2. The number of fused-ring (bicyclic) bond motifs is 2. The summed E-state index contributed by atoms with van der Waals surface area (Å²) in [5.74, 6) is 0.995. The van der Waals surface area contributed by atoms with Crippen LogP contribution >= 0.6 is 0 Å². The van der Waals surface area contributed by atoms with Crippen LogP contribution < -0.4 is 20.9 Å². The first kappa shape index (κ1) is 20.9. The molecule has 4 aromatic rings. The van der Waals surface area contributed by atoms with Gasteiger partial charge in [-0.2, -0.15) is 4.98 Å². The van der Waals surface area contributed by atoms with Gasteiger partial charge in [-0.05, 0) is 69.0 Å². The number of hydrogen-bond donors (Lipinski definition) is 2. The molecule has 6 rings (SSSR count). The topological polar surface area (TPSA) is 98.9 Å². The van der Waals surface area contributed by atoms with Crippen molar-refractivity contribution in [1.82, 2.24) is 29.6 Å². The van der Waals surface area contributed by atoms with Crippen LogP contribution in [0.1, 0.15) is 43.9 Å². The van der Waals surface area contributed by atoms with Crippen molar-refractivity contribution >= 4 is 22.7 Å². The third kappa shape index (κ3) is 3.81. The molecule has 34 heavy (non-hydrogen) atoms. The smallest absolute Gasteiger partial charge is 0.278 e. The second-order valence-electron chi connectivity index (χ2n) is 9.19. The van der Waals surface area contributed by atoms with E-state index in [1.165, 1.54) is 11.1 Å². The summed E-state index contributed by atoms with van der Waals surface area (Å²) < 4.78 is 9.43. The number of ether oxygens (including phenoxy) is 1. The van der Waals surface area contributed by atoms with Crippen molar-refractivity contribution in [2.45, 2.75) is 51.8 Å². The van der Waals surface area contributed by atoms with E-state index in [-0.39, 0.29) is 17.7 Å². The largest absolute Gasteiger partial charge is 0.474 e. The van der Waals surface area contributed by atoms with Gasteiger partial charge >= 0.3 is 0 Å². The van der Waals surface area contributed by atoms with E-state index in [2.05, 4.69) is 38.8 Å². The number of anilines is 2. The van der Waals surface area contributed by atoms with Gasteiger partial charge in [0.2, 0.25) is 11.8 Å². The number of pyridine rings is 1. The maximum absolute atomic E-state index is 13.3. The molecule has 3 aromatic heterocycles. The number of rotatable bonds is 6. The molecule has 0 saturated heterocycles. The number of hydrogen-bond acceptors (Lipinski definition) is 7. The highest BCUT2D eigenvalue weighted by Crippen LogP contribution is 2.28. The molecule has 0 bridgehead atoms. The summed E-state index contributed by atoms with van der Waals surface area (Å²) >= 11 is 0. The lowest BCUT2D eigenvalue weighted by Crippen LogP contribution is -2.24. The third-order valence-electron chi connectivity index (χ3n) is 6.24. The summed E-state index contributed by atoms with van der Waals surface area (Å²) in [5, 5.41) is 7.19. The minimum Gasteiger partial charge on any atom is -0.474 e. The predicted molar refractivity (Wildman–Crippen MR) is 130 cm³/mol. The number of nitrogens with zero attached hydrogens (tertiary/aromatic N) is 5. The van der Waals surface area contributed by atoms with Crippen LogP contribution in [0.5, 0.6) is 5.88 Å². The fourth-order valence-electron chi connectivity index (χ4n) is 4.41. The van der Waals surface area contributed by atoms with Crippen molar-refractivity contribution in [2.75, 3.05) is 11.9 Å². The fourth-order valence-corrected chi connectivity index (χ4v) is 4.41. The highest BCUT2D eigenvalue weighted by Gasteiger charge is 2.25. The van der Waals surface area contributed by atoms with Crippen molar-refractivity contribution in [3.8, 4) is 11.6 Å². The van der Waals surface area contributed by atoms with Gasteiger partial charge in [-0.1, -0.05) is 6.07 Å². The van der Waals surface area contributed by atoms with Crippen LogP contribution in [0.3, 0.4) is 0 Å². The summed E-state index contributed by atoms with van der Waals surface area (Å²) in [6.07, 6.45) is 6.68. The van der Waals surface area contributed by atoms with E-state index in [9.17, 15) is 4.79 Å². The van der Waals surface area contributed by atoms with Crippen molar-refractivity contribution in [2.24, 2.45) is 0 Å². The van der Waals surface area contributed by atoms with Gasteiger partial charge in [-0.3, -0.25) is 4.79 Å². The molecule has 9 nitrogen and oxygen atoms in total. The Hall–Kier alpha value is -3.72. The molecular formula is C25H27N7O2. The van der Waals surface area contributed by atoms with Crippen LogP contribution in [-0.4, -0.2) is 37.0 Å². The van der Waals surface area contributed by atoms with Gasteiger partial charge in [0.1, 0.15) is 11.5 Å². The molecule has 1 saturated carbocycles. The van der Waals surface area contributed by atoms with Crippen LogP contribution in [0.25, 0.3) is 16.7 Å². The molecule has 1 aliphatic carbocycles. The van der Waals surface area contributed by atoms with E-state index in [0.717, 1.165) is 43.7 Å². The van der Waals surface area contributed by atoms with E-state index in [1.807, 2.05) is 30.7 Å². The van der Waals surface area contributed by atoms with Crippen molar-refractivity contribution < 1.29 is 4.74 Å². The molecule has 0 amide bonds. The average molecular weight is 458 g/mol. The van der Waals surface area contributed by atoms with E-state index < -0.39 is 0 Å². The predicted octanol–water partition coefficient (Wildman–Crippen LogP) is 3.49. The van der Waals surface area contributed by atoms with Gasteiger partial charge in [-0.15, -0.1) is 0 Å². The zero-order valence-corrected chi connectivity index (χ0v) is 19.3. The molecule has 0 atom stereocenters. The monoisotopic (exact) mass is 457 g/mol. The third-order valence-corrected chi connectivity index (χ3v) is 6.24. The van der Waals surface area contributed by atoms with Crippen LogP contribution in [-0.2, 0) is 13.0 Å². The van der Waals surface area contributed by atoms with E-state index in [0.29, 0.717) is 22.9 Å². The lowest BCUT2D eigenvalue weighted by Gasteiger charge is -2.18. The minimum absolute atomic E-state index is 0.0766. The van der Waals surface area contributed by atoms with Gasteiger partial charge in [0.15, 0.2) is 5.65 Å². The first-order valence-corrected chi connectivity index (χ1v) is 11.8. The molecule has 0 unspecified atom stereocenters. The second kappa shape index (κ2) is 8.25. The summed E-state index contributed by atoms with van der Waals surface area (Å²) in [6, 6.07) is 9.98. The van der Waals surface area contributed by atoms with E-state index in [4.69, 9.17) is 9.72 Å². The summed E-state index contributed by atoms with van der Waals surface area (Å²) in [4.78, 5) is 26.8. The van der Waals surface area contributed by atoms with Gasteiger partial charge < -0.3 is 15.4 Å². The normalized spacial score (nSPS) is 15.5. The zero-order chi connectivity index (χ0) is 23.2. The van der Waals surface area contributed by atoms with Gasteiger partial charge in [-0.25, -0.2) is 19.3 Å². The summed E-state index contributed by atoms with van der Waals surface area (Å²) in [7, 11) is 0. The molecule has 0 radical (unpaired) electrons. The molecule has 2 aliphatic rings. The Morgan fingerprint density at radius 2 is 2.03 bits per heavy atom. The highest BCUT2D eigenvalue weighted by molar-refractivity contribution is 5.77. The lowest BCUT2D eigenvalue weighted by atomic mass is 10.0. The van der Waals surface area contributed by atoms with Crippen LogP contribution in [0.2, 0.25) is 0 Å². The van der Waals surface area contributed by atoms with Crippen LogP contribution in [0.4, 0.5) is 11.6 Å². The first-order valence-electron chi connectivity index (χ1n) is 11.8. The van der Waals surface area contributed by atoms with Crippen molar-refractivity contribution in [3.63, 3.8) is 0 Å². The van der Waals surface area contributed by atoms with Gasteiger partial charge in [0, 0.05) is 36.7 Å². The van der Waals surface area contributed by atoms with E-state index >= 15 is 0 Å². The molecule has 1 aliphatic heterocycles. The summed E-state index contributed by atoms with van der Waals surface area (Å²) in [5.41, 5.74) is 4.75. The Labute approximate surface area is 196 Å². The SMILES string of the molecule is CC(C)n1c(=O)c2cnc(Nc3ccc4c(c3)CNCC4)nc2n1-c1ccnc(OC2CC2)c1.